The molecule has 0 spiro atoms. The SMILES string of the molecule is CN(CC(=O)NCc1ccccc1CN1CCCC1)S(=O)(=O)/C=C/c1ccccc1. The van der Waals surface area contributed by atoms with Crippen molar-refractivity contribution in [2.45, 2.75) is 25.9 Å². The predicted octanol–water partition coefficient (Wildman–Crippen LogP) is 2.83. The highest BCUT2D eigenvalue weighted by molar-refractivity contribution is 7.92. The average Bonchev–Trinajstić information content (AvgIpc) is 3.25. The zero-order valence-corrected chi connectivity index (χ0v) is 18.1. The number of benzene rings is 2. The smallest absolute Gasteiger partial charge is 0.236 e. The Balaban J connectivity index is 1.53. The predicted molar refractivity (Wildman–Crippen MR) is 120 cm³/mol. The first kappa shape index (κ1) is 22.2. The molecule has 1 aliphatic rings. The van der Waals surface area contributed by atoms with Gasteiger partial charge in [-0.1, -0.05) is 54.6 Å². The van der Waals surface area contributed by atoms with Gasteiger partial charge in [0.1, 0.15) is 0 Å². The van der Waals surface area contributed by atoms with Gasteiger partial charge in [0.05, 0.1) is 6.54 Å². The summed E-state index contributed by atoms with van der Waals surface area (Å²) in [5.74, 6) is -0.329. The van der Waals surface area contributed by atoms with Crippen LogP contribution in [-0.2, 0) is 27.9 Å². The Labute approximate surface area is 179 Å². The van der Waals surface area contributed by atoms with Gasteiger partial charge in [-0.05, 0) is 48.7 Å². The summed E-state index contributed by atoms with van der Waals surface area (Å²) < 4.78 is 25.9. The molecule has 0 aliphatic carbocycles. The van der Waals surface area contributed by atoms with E-state index in [1.165, 1.54) is 31.5 Å². The summed E-state index contributed by atoms with van der Waals surface area (Å²) in [5, 5.41) is 3.98. The number of hydrogen-bond acceptors (Lipinski definition) is 4. The van der Waals surface area contributed by atoms with E-state index < -0.39 is 10.0 Å². The fourth-order valence-electron chi connectivity index (χ4n) is 3.44. The number of rotatable bonds is 9. The number of amides is 1. The van der Waals surface area contributed by atoms with Crippen molar-refractivity contribution in [2.75, 3.05) is 26.7 Å². The molecule has 1 N–H and O–H groups in total. The summed E-state index contributed by atoms with van der Waals surface area (Å²) in [5.41, 5.74) is 3.05. The van der Waals surface area contributed by atoms with Crippen LogP contribution < -0.4 is 5.32 Å². The molecule has 6 nitrogen and oxygen atoms in total. The van der Waals surface area contributed by atoms with Gasteiger partial charge in [0.15, 0.2) is 0 Å². The molecule has 0 aromatic heterocycles. The van der Waals surface area contributed by atoms with Gasteiger partial charge >= 0.3 is 0 Å². The van der Waals surface area contributed by atoms with Crippen LogP contribution in [0.1, 0.15) is 29.5 Å². The molecule has 2 aromatic rings. The zero-order chi connectivity index (χ0) is 21.4. The first-order valence-electron chi connectivity index (χ1n) is 10.2. The molecule has 7 heteroatoms. The van der Waals surface area contributed by atoms with Crippen molar-refractivity contribution in [1.82, 2.24) is 14.5 Å². The quantitative estimate of drug-likeness (QED) is 0.668. The molecule has 0 atom stereocenters. The molecule has 0 unspecified atom stereocenters. The second kappa shape index (κ2) is 10.5. The third kappa shape index (κ3) is 6.52. The van der Waals surface area contributed by atoms with Gasteiger partial charge < -0.3 is 5.32 Å². The molecule has 1 heterocycles. The number of carbonyl (C=O) groups excluding carboxylic acids is 1. The average molecular weight is 428 g/mol. The molecule has 0 saturated carbocycles. The highest BCUT2D eigenvalue weighted by Crippen LogP contribution is 2.16. The second-order valence-corrected chi connectivity index (χ2v) is 9.47. The lowest BCUT2D eigenvalue weighted by Crippen LogP contribution is -2.37. The van der Waals surface area contributed by atoms with Crippen LogP contribution in [0.4, 0.5) is 0 Å². The standard InChI is InChI=1S/C23H29N3O3S/c1-25(30(28,29)16-13-20-9-3-2-4-10-20)19-23(27)24-17-21-11-5-6-12-22(21)18-26-14-7-8-15-26/h2-6,9-13,16H,7-8,14-15,17-19H2,1H3,(H,24,27)/b16-13+. The van der Waals surface area contributed by atoms with Gasteiger partial charge in [-0.3, -0.25) is 9.69 Å². The van der Waals surface area contributed by atoms with Crippen molar-refractivity contribution in [1.29, 1.82) is 0 Å². The Bertz CT molecular complexity index is 968. The van der Waals surface area contributed by atoms with Crippen molar-refractivity contribution in [2.24, 2.45) is 0 Å². The van der Waals surface area contributed by atoms with Gasteiger partial charge in [0.25, 0.3) is 0 Å². The van der Waals surface area contributed by atoms with E-state index in [0.717, 1.165) is 40.5 Å². The van der Waals surface area contributed by atoms with E-state index in [-0.39, 0.29) is 12.5 Å². The van der Waals surface area contributed by atoms with Crippen molar-refractivity contribution < 1.29 is 13.2 Å². The van der Waals surface area contributed by atoms with Gasteiger partial charge in [-0.2, -0.15) is 4.31 Å². The van der Waals surface area contributed by atoms with E-state index in [2.05, 4.69) is 16.3 Å². The van der Waals surface area contributed by atoms with Crippen LogP contribution in [0.3, 0.4) is 0 Å². The first-order valence-corrected chi connectivity index (χ1v) is 11.7. The molecular formula is C23H29N3O3S. The molecule has 0 bridgehead atoms. The topological polar surface area (TPSA) is 69.7 Å². The number of likely N-dealkylation sites (N-methyl/N-ethyl adjacent to an activating group) is 1. The number of nitrogens with zero attached hydrogens (tertiary/aromatic N) is 2. The normalized spacial score (nSPS) is 15.1. The number of likely N-dealkylation sites (tertiary alicyclic amines) is 1. The van der Waals surface area contributed by atoms with Gasteiger partial charge in [0, 0.05) is 25.5 Å². The second-order valence-electron chi connectivity index (χ2n) is 7.54. The highest BCUT2D eigenvalue weighted by atomic mass is 32.2. The van der Waals surface area contributed by atoms with E-state index in [1.807, 2.05) is 48.5 Å². The molecule has 1 aliphatic heterocycles. The third-order valence-corrected chi connectivity index (χ3v) is 6.70. The number of carbonyl (C=O) groups is 1. The molecule has 2 aromatic carbocycles. The van der Waals surface area contributed by atoms with Crippen LogP contribution in [0.2, 0.25) is 0 Å². The summed E-state index contributed by atoms with van der Waals surface area (Å²) in [6.45, 7) is 3.26. The fourth-order valence-corrected chi connectivity index (χ4v) is 4.27. The maximum absolute atomic E-state index is 12.4. The van der Waals surface area contributed by atoms with E-state index in [0.29, 0.717) is 6.54 Å². The Morgan fingerprint density at radius 3 is 2.37 bits per heavy atom. The lowest BCUT2D eigenvalue weighted by atomic mass is 10.1. The molecule has 30 heavy (non-hydrogen) atoms. The van der Waals surface area contributed by atoms with E-state index in [1.54, 1.807) is 0 Å². The van der Waals surface area contributed by atoms with Crippen LogP contribution in [-0.4, -0.2) is 50.2 Å². The Kier molecular flexibility index (Phi) is 7.79. The summed E-state index contributed by atoms with van der Waals surface area (Å²) in [7, 11) is -2.27. The minimum atomic E-state index is -3.68. The van der Waals surface area contributed by atoms with Crippen LogP contribution >= 0.6 is 0 Å². The van der Waals surface area contributed by atoms with E-state index in [4.69, 9.17) is 0 Å². The van der Waals surface area contributed by atoms with Gasteiger partial charge in [-0.15, -0.1) is 0 Å². The van der Waals surface area contributed by atoms with E-state index >= 15 is 0 Å². The zero-order valence-electron chi connectivity index (χ0n) is 17.3. The molecule has 160 valence electrons. The molecule has 3 rings (SSSR count). The summed E-state index contributed by atoms with van der Waals surface area (Å²) in [6, 6.07) is 17.2. The van der Waals surface area contributed by atoms with Crippen LogP contribution in [0.15, 0.2) is 60.0 Å². The molecular weight excluding hydrogens is 398 g/mol. The number of sulfonamides is 1. The van der Waals surface area contributed by atoms with Crippen molar-refractivity contribution in [3.63, 3.8) is 0 Å². The summed E-state index contributed by atoms with van der Waals surface area (Å²) in [4.78, 5) is 14.8. The number of nitrogens with one attached hydrogen (secondary N) is 1. The highest BCUT2D eigenvalue weighted by Gasteiger charge is 2.18. The monoisotopic (exact) mass is 427 g/mol. The first-order chi connectivity index (χ1) is 14.4. The third-order valence-electron chi connectivity index (χ3n) is 5.22. The summed E-state index contributed by atoms with van der Waals surface area (Å²) in [6.07, 6.45) is 4.00. The Morgan fingerprint density at radius 2 is 1.67 bits per heavy atom. The van der Waals surface area contributed by atoms with Crippen LogP contribution in [0, 0.1) is 0 Å². The minimum Gasteiger partial charge on any atom is -0.351 e. The fraction of sp³-hybridized carbons (Fsp3) is 0.348. The van der Waals surface area contributed by atoms with Crippen molar-refractivity contribution in [3.8, 4) is 0 Å². The van der Waals surface area contributed by atoms with Crippen LogP contribution in [0.5, 0.6) is 0 Å². The summed E-state index contributed by atoms with van der Waals surface area (Å²) >= 11 is 0. The minimum absolute atomic E-state index is 0.226. The number of hydrogen-bond donors (Lipinski definition) is 1. The van der Waals surface area contributed by atoms with Crippen LogP contribution in [0.25, 0.3) is 6.08 Å². The maximum atomic E-state index is 12.4. The molecule has 1 amide bonds. The van der Waals surface area contributed by atoms with Gasteiger partial charge in [-0.25, -0.2) is 8.42 Å². The Morgan fingerprint density at radius 1 is 1.03 bits per heavy atom. The lowest BCUT2D eigenvalue weighted by molar-refractivity contribution is -0.121. The molecule has 0 radical (unpaired) electrons. The largest absolute Gasteiger partial charge is 0.351 e. The molecule has 1 fully saturated rings. The molecule has 1 saturated heterocycles. The van der Waals surface area contributed by atoms with Crippen molar-refractivity contribution >= 4 is 22.0 Å². The van der Waals surface area contributed by atoms with Crippen molar-refractivity contribution in [3.05, 3.63) is 76.7 Å². The van der Waals surface area contributed by atoms with Gasteiger partial charge in [0.2, 0.25) is 15.9 Å². The Hall–Kier alpha value is -2.48. The van der Waals surface area contributed by atoms with E-state index in [9.17, 15) is 13.2 Å². The maximum Gasteiger partial charge on any atom is 0.236 e. The lowest BCUT2D eigenvalue weighted by Gasteiger charge is -2.18.